The molecule has 0 radical (unpaired) electrons. The molecule has 2 heterocycles. The van der Waals surface area contributed by atoms with Crippen molar-refractivity contribution in [3.8, 4) is 0 Å². The Hall–Kier alpha value is -1.44. The average Bonchev–Trinajstić information content (AvgIpc) is 2.91. The van der Waals surface area contributed by atoms with Crippen molar-refractivity contribution in [2.75, 3.05) is 13.1 Å². The Morgan fingerprint density at radius 1 is 1.30 bits per heavy atom. The highest BCUT2D eigenvalue weighted by Crippen LogP contribution is 2.14. The minimum Gasteiger partial charge on any atom is -0.328 e. The fourth-order valence-corrected chi connectivity index (χ4v) is 3.45. The van der Waals surface area contributed by atoms with Crippen molar-refractivity contribution in [3.63, 3.8) is 0 Å². The molecular weight excluding hydrogens is 276 g/mol. The number of piperidine rings is 1. The molecule has 0 unspecified atom stereocenters. The molecule has 0 aliphatic carbocycles. The van der Waals surface area contributed by atoms with Gasteiger partial charge in [0.2, 0.25) is 5.16 Å². The second kappa shape index (κ2) is 5.51. The van der Waals surface area contributed by atoms with Crippen LogP contribution in [-0.4, -0.2) is 37.5 Å². The second-order valence-electron chi connectivity index (χ2n) is 5.06. The predicted octanol–water partition coefficient (Wildman–Crippen LogP) is 0.983. The van der Waals surface area contributed by atoms with Crippen molar-refractivity contribution in [1.82, 2.24) is 20.0 Å². The van der Waals surface area contributed by atoms with Crippen LogP contribution in [0.25, 0.3) is 11.0 Å². The highest BCUT2D eigenvalue weighted by Gasteiger charge is 2.21. The summed E-state index contributed by atoms with van der Waals surface area (Å²) >= 11 is 0. The van der Waals surface area contributed by atoms with Crippen LogP contribution in [0, 0.1) is 0 Å². The lowest BCUT2D eigenvalue weighted by Gasteiger charge is -2.23. The zero-order valence-electron chi connectivity index (χ0n) is 11.1. The fourth-order valence-electron chi connectivity index (χ4n) is 2.43. The molecule has 2 aromatic rings. The summed E-state index contributed by atoms with van der Waals surface area (Å²) in [6.07, 6.45) is 3.31. The summed E-state index contributed by atoms with van der Waals surface area (Å²) in [7, 11) is -3.58. The van der Waals surface area contributed by atoms with Gasteiger partial charge in [-0.2, -0.15) is 0 Å². The molecule has 20 heavy (non-hydrogen) atoms. The van der Waals surface area contributed by atoms with Crippen LogP contribution in [0.5, 0.6) is 0 Å². The van der Waals surface area contributed by atoms with E-state index < -0.39 is 10.0 Å². The van der Waals surface area contributed by atoms with E-state index in [0.29, 0.717) is 12.1 Å². The minimum atomic E-state index is -3.58. The number of hydrogen-bond donors (Lipinski definition) is 3. The number of hydrogen-bond acceptors (Lipinski definition) is 4. The Labute approximate surface area is 118 Å². The van der Waals surface area contributed by atoms with Crippen molar-refractivity contribution >= 4 is 21.1 Å². The first-order valence-electron chi connectivity index (χ1n) is 6.83. The molecule has 1 saturated heterocycles. The summed E-state index contributed by atoms with van der Waals surface area (Å²) in [6, 6.07) is 7.48. The molecule has 0 saturated carbocycles. The second-order valence-corrected chi connectivity index (χ2v) is 6.74. The Bertz CT molecular complexity index is 656. The van der Waals surface area contributed by atoms with Crippen LogP contribution < -0.4 is 10.0 Å². The molecule has 3 rings (SSSR count). The van der Waals surface area contributed by atoms with E-state index in [1.807, 2.05) is 18.2 Å². The van der Waals surface area contributed by atoms with Crippen LogP contribution in [0.4, 0.5) is 0 Å². The molecule has 1 aliphatic heterocycles. The monoisotopic (exact) mass is 294 g/mol. The van der Waals surface area contributed by atoms with Crippen molar-refractivity contribution < 1.29 is 8.42 Å². The fraction of sp³-hybridized carbons (Fsp3) is 0.462. The van der Waals surface area contributed by atoms with E-state index in [9.17, 15) is 8.42 Å². The maximum Gasteiger partial charge on any atom is 0.274 e. The van der Waals surface area contributed by atoms with Gasteiger partial charge in [0.1, 0.15) is 0 Å². The quantitative estimate of drug-likeness (QED) is 0.784. The van der Waals surface area contributed by atoms with E-state index in [4.69, 9.17) is 0 Å². The number of aromatic amines is 1. The highest BCUT2D eigenvalue weighted by molar-refractivity contribution is 7.89. The van der Waals surface area contributed by atoms with Crippen LogP contribution in [0.1, 0.15) is 19.3 Å². The number of rotatable bonds is 4. The first-order chi connectivity index (χ1) is 9.65. The normalized spacial score (nSPS) is 20.3. The van der Waals surface area contributed by atoms with Gasteiger partial charge in [-0.15, -0.1) is 0 Å². The summed E-state index contributed by atoms with van der Waals surface area (Å²) in [5.74, 6) is 0. The number of imidazole rings is 1. The van der Waals surface area contributed by atoms with Gasteiger partial charge in [0.15, 0.2) is 0 Å². The summed E-state index contributed by atoms with van der Waals surface area (Å²) in [6.45, 7) is 1.36. The Morgan fingerprint density at radius 2 is 2.15 bits per heavy atom. The lowest BCUT2D eigenvalue weighted by Crippen LogP contribution is -2.43. The van der Waals surface area contributed by atoms with Crippen LogP contribution in [0.3, 0.4) is 0 Å². The van der Waals surface area contributed by atoms with Gasteiger partial charge in [-0.05, 0) is 31.5 Å². The summed E-state index contributed by atoms with van der Waals surface area (Å²) in [5, 5.41) is 3.29. The molecule has 1 atom stereocenters. The lowest BCUT2D eigenvalue weighted by atomic mass is 10.1. The molecular formula is C13H18N4O2S. The maximum absolute atomic E-state index is 12.2. The zero-order chi connectivity index (χ0) is 14.0. The number of benzene rings is 1. The largest absolute Gasteiger partial charge is 0.328 e. The van der Waals surface area contributed by atoms with E-state index in [-0.39, 0.29) is 11.2 Å². The van der Waals surface area contributed by atoms with Crippen molar-refractivity contribution in [2.45, 2.75) is 30.5 Å². The Kier molecular flexibility index (Phi) is 3.73. The lowest BCUT2D eigenvalue weighted by molar-refractivity contribution is 0.398. The van der Waals surface area contributed by atoms with Gasteiger partial charge >= 0.3 is 0 Å². The van der Waals surface area contributed by atoms with E-state index in [1.54, 1.807) is 6.07 Å². The minimum absolute atomic E-state index is 0.0190. The molecule has 6 nitrogen and oxygen atoms in total. The summed E-state index contributed by atoms with van der Waals surface area (Å²) in [4.78, 5) is 6.96. The van der Waals surface area contributed by atoms with Gasteiger partial charge in [0, 0.05) is 12.6 Å². The van der Waals surface area contributed by atoms with Crippen molar-refractivity contribution in [3.05, 3.63) is 24.3 Å². The number of nitrogens with zero attached hydrogens (tertiary/aromatic N) is 1. The third-order valence-corrected chi connectivity index (χ3v) is 4.80. The third kappa shape index (κ3) is 2.84. The van der Waals surface area contributed by atoms with Gasteiger partial charge in [-0.3, -0.25) is 0 Å². The van der Waals surface area contributed by atoms with E-state index in [0.717, 1.165) is 31.3 Å². The van der Waals surface area contributed by atoms with Crippen LogP contribution in [0.15, 0.2) is 29.4 Å². The number of nitrogens with one attached hydrogen (secondary N) is 3. The molecule has 108 valence electrons. The smallest absolute Gasteiger partial charge is 0.274 e. The average molecular weight is 294 g/mol. The summed E-state index contributed by atoms with van der Waals surface area (Å²) < 4.78 is 27.0. The van der Waals surface area contributed by atoms with Crippen molar-refractivity contribution in [1.29, 1.82) is 0 Å². The third-order valence-electron chi connectivity index (χ3n) is 3.55. The molecule has 0 bridgehead atoms. The van der Waals surface area contributed by atoms with Gasteiger partial charge < -0.3 is 10.3 Å². The number of aromatic nitrogens is 2. The topological polar surface area (TPSA) is 86.9 Å². The molecule has 3 N–H and O–H groups in total. The van der Waals surface area contributed by atoms with E-state index in [2.05, 4.69) is 20.0 Å². The number of para-hydroxylation sites is 2. The SMILES string of the molecule is O=S(=O)(NC[C@H]1CCCCN1)c1nc2ccccc2[nH]1. The van der Waals surface area contributed by atoms with Gasteiger partial charge in [0.25, 0.3) is 10.0 Å². The highest BCUT2D eigenvalue weighted by atomic mass is 32.2. The van der Waals surface area contributed by atoms with E-state index >= 15 is 0 Å². The molecule has 1 aromatic carbocycles. The zero-order valence-corrected chi connectivity index (χ0v) is 11.9. The first kappa shape index (κ1) is 13.5. The maximum atomic E-state index is 12.2. The Morgan fingerprint density at radius 3 is 2.90 bits per heavy atom. The number of sulfonamides is 1. The van der Waals surface area contributed by atoms with Gasteiger partial charge in [-0.25, -0.2) is 18.1 Å². The van der Waals surface area contributed by atoms with E-state index in [1.165, 1.54) is 0 Å². The molecule has 1 fully saturated rings. The molecule has 1 aromatic heterocycles. The van der Waals surface area contributed by atoms with Crippen molar-refractivity contribution in [2.24, 2.45) is 0 Å². The first-order valence-corrected chi connectivity index (χ1v) is 8.31. The van der Waals surface area contributed by atoms with Crippen LogP contribution in [0.2, 0.25) is 0 Å². The number of H-pyrrole nitrogens is 1. The molecule has 0 spiro atoms. The molecule has 0 amide bonds. The van der Waals surface area contributed by atoms with Gasteiger partial charge in [-0.1, -0.05) is 18.6 Å². The molecule has 7 heteroatoms. The predicted molar refractivity (Wildman–Crippen MR) is 76.9 cm³/mol. The van der Waals surface area contributed by atoms with Gasteiger partial charge in [0.05, 0.1) is 11.0 Å². The standard InChI is InChI=1S/C13H18N4O2S/c18-20(19,15-9-10-5-3-4-8-14-10)13-16-11-6-1-2-7-12(11)17-13/h1-2,6-7,10,14-15H,3-5,8-9H2,(H,16,17)/t10-/m1/s1. The number of fused-ring (bicyclic) bond motifs is 1. The summed E-state index contributed by atoms with van der Waals surface area (Å²) in [5.41, 5.74) is 1.38. The van der Waals surface area contributed by atoms with Crippen LogP contribution >= 0.6 is 0 Å². The Balaban J connectivity index is 1.73. The molecule has 1 aliphatic rings. The van der Waals surface area contributed by atoms with Crippen LogP contribution in [-0.2, 0) is 10.0 Å².